The number of morpholine rings is 1. The molecule has 3 atom stereocenters. The van der Waals surface area contributed by atoms with Crippen molar-refractivity contribution in [3.05, 3.63) is 47.3 Å². The summed E-state index contributed by atoms with van der Waals surface area (Å²) in [6.45, 7) is 10.2. The summed E-state index contributed by atoms with van der Waals surface area (Å²) in [5.74, 6) is 0.713. The number of aryl methyl sites for hydroxylation is 1. The van der Waals surface area contributed by atoms with Crippen LogP contribution in [0.15, 0.2) is 35.5 Å². The van der Waals surface area contributed by atoms with E-state index in [0.29, 0.717) is 19.0 Å². The van der Waals surface area contributed by atoms with Gasteiger partial charge in [-0.05, 0) is 39.0 Å². The van der Waals surface area contributed by atoms with Crippen LogP contribution in [-0.2, 0) is 15.1 Å². The molecule has 0 radical (unpaired) electrons. The molecule has 2 aromatic heterocycles. The Labute approximate surface area is 204 Å². The van der Waals surface area contributed by atoms with Gasteiger partial charge in [0, 0.05) is 36.1 Å². The van der Waals surface area contributed by atoms with Crippen LogP contribution in [-0.4, -0.2) is 63.7 Å². The maximum Gasteiger partial charge on any atom is 0.222 e. The van der Waals surface area contributed by atoms with Crippen LogP contribution in [0.3, 0.4) is 0 Å². The van der Waals surface area contributed by atoms with Crippen molar-refractivity contribution < 1.29 is 14.6 Å². The molecule has 2 aliphatic rings. The fourth-order valence-electron chi connectivity index (χ4n) is 4.15. The first-order chi connectivity index (χ1) is 16.1. The van der Waals surface area contributed by atoms with Crippen molar-refractivity contribution in [3.63, 3.8) is 0 Å². The van der Waals surface area contributed by atoms with Gasteiger partial charge in [0.25, 0.3) is 0 Å². The first-order valence-electron chi connectivity index (χ1n) is 11.4. The SMILES string of the molecule is Cc1nc(NC2SC(c3ccc(N4CCOCC4)nc3)=NC2C(C)C(N)=O)ccc1C(C)(C)O. The van der Waals surface area contributed by atoms with E-state index in [-0.39, 0.29) is 11.4 Å². The number of hydrogen-bond acceptors (Lipinski definition) is 9. The van der Waals surface area contributed by atoms with Crippen molar-refractivity contribution in [2.45, 2.75) is 44.7 Å². The van der Waals surface area contributed by atoms with Crippen LogP contribution in [0.1, 0.15) is 37.6 Å². The lowest BCUT2D eigenvalue weighted by Crippen LogP contribution is -2.38. The first kappa shape index (κ1) is 24.4. The van der Waals surface area contributed by atoms with E-state index in [0.717, 1.165) is 40.8 Å². The number of hydrogen-bond donors (Lipinski definition) is 3. The monoisotopic (exact) mass is 484 g/mol. The Hall–Kier alpha value is -2.69. The summed E-state index contributed by atoms with van der Waals surface area (Å²) >= 11 is 1.54. The zero-order chi connectivity index (χ0) is 24.5. The minimum Gasteiger partial charge on any atom is -0.386 e. The normalized spacial score (nSPS) is 21.8. The molecule has 1 fully saturated rings. The van der Waals surface area contributed by atoms with Crippen molar-refractivity contribution in [1.82, 2.24) is 9.97 Å². The molecule has 2 aliphatic heterocycles. The lowest BCUT2D eigenvalue weighted by atomic mass is 9.97. The predicted molar refractivity (Wildman–Crippen MR) is 135 cm³/mol. The minimum absolute atomic E-state index is 0.226. The van der Waals surface area contributed by atoms with Crippen LogP contribution in [0.25, 0.3) is 0 Å². The Bertz CT molecular complexity index is 1060. The number of anilines is 2. The average Bonchev–Trinajstić information content (AvgIpc) is 3.22. The second-order valence-corrected chi connectivity index (χ2v) is 10.3. The van der Waals surface area contributed by atoms with Crippen molar-refractivity contribution in [3.8, 4) is 0 Å². The summed E-state index contributed by atoms with van der Waals surface area (Å²) < 4.78 is 5.42. The Balaban J connectivity index is 1.54. The highest BCUT2D eigenvalue weighted by molar-refractivity contribution is 8.15. The highest BCUT2D eigenvalue weighted by Gasteiger charge is 2.37. The third-order valence-corrected chi connectivity index (χ3v) is 7.36. The van der Waals surface area contributed by atoms with Crippen molar-refractivity contribution in [2.24, 2.45) is 16.6 Å². The molecular formula is C24H32N6O3S. The number of nitrogens with one attached hydrogen (secondary N) is 1. The van der Waals surface area contributed by atoms with Crippen LogP contribution < -0.4 is 16.0 Å². The van der Waals surface area contributed by atoms with Crippen molar-refractivity contribution in [2.75, 3.05) is 36.5 Å². The number of rotatable bonds is 7. The molecule has 0 aliphatic carbocycles. The zero-order valence-electron chi connectivity index (χ0n) is 20.0. The maximum atomic E-state index is 12.0. The number of primary amides is 1. The van der Waals surface area contributed by atoms with Gasteiger partial charge in [0.15, 0.2) is 0 Å². The molecular weight excluding hydrogens is 452 g/mol. The largest absolute Gasteiger partial charge is 0.386 e. The van der Waals surface area contributed by atoms with Crippen LogP contribution >= 0.6 is 11.8 Å². The van der Waals surface area contributed by atoms with E-state index in [2.05, 4.69) is 20.2 Å². The quantitative estimate of drug-likeness (QED) is 0.546. The summed E-state index contributed by atoms with van der Waals surface area (Å²) in [4.78, 5) is 28.3. The second-order valence-electron chi connectivity index (χ2n) is 9.19. The van der Waals surface area contributed by atoms with Crippen LogP contribution in [0, 0.1) is 12.8 Å². The number of pyridine rings is 2. The smallest absolute Gasteiger partial charge is 0.222 e. The summed E-state index contributed by atoms with van der Waals surface area (Å²) in [5, 5.41) is 14.3. The van der Waals surface area contributed by atoms with Gasteiger partial charge in [-0.3, -0.25) is 9.79 Å². The van der Waals surface area contributed by atoms with Gasteiger partial charge in [0.05, 0.1) is 30.8 Å². The molecule has 0 bridgehead atoms. The number of carbonyl (C=O) groups excluding carboxylic acids is 1. The minimum atomic E-state index is -0.975. The summed E-state index contributed by atoms with van der Waals surface area (Å²) in [6, 6.07) is 7.36. The molecule has 0 saturated carbocycles. The van der Waals surface area contributed by atoms with E-state index in [1.165, 1.54) is 11.8 Å². The Morgan fingerprint density at radius 3 is 2.62 bits per heavy atom. The number of aliphatic imine (C=N–C) groups is 1. The van der Waals surface area contributed by atoms with Gasteiger partial charge in [-0.2, -0.15) is 0 Å². The summed E-state index contributed by atoms with van der Waals surface area (Å²) in [7, 11) is 0. The lowest BCUT2D eigenvalue weighted by Gasteiger charge is -2.27. The molecule has 9 nitrogen and oxygen atoms in total. The highest BCUT2D eigenvalue weighted by Crippen LogP contribution is 2.35. The number of thioether (sulfide) groups is 1. The Kier molecular flexibility index (Phi) is 7.11. The summed E-state index contributed by atoms with van der Waals surface area (Å²) in [5.41, 5.74) is 7.06. The molecule has 0 aromatic carbocycles. The van der Waals surface area contributed by atoms with Gasteiger partial charge in [-0.25, -0.2) is 9.97 Å². The van der Waals surface area contributed by atoms with Crippen LogP contribution in [0.5, 0.6) is 0 Å². The van der Waals surface area contributed by atoms with Crippen molar-refractivity contribution >= 4 is 34.3 Å². The Morgan fingerprint density at radius 1 is 1.29 bits per heavy atom. The number of aromatic nitrogens is 2. The van der Waals surface area contributed by atoms with Crippen molar-refractivity contribution in [1.29, 1.82) is 0 Å². The molecule has 4 heterocycles. The molecule has 1 amide bonds. The van der Waals surface area contributed by atoms with E-state index in [1.807, 2.05) is 37.4 Å². The number of aliphatic hydroxyl groups is 1. The molecule has 34 heavy (non-hydrogen) atoms. The molecule has 10 heteroatoms. The number of nitrogens with zero attached hydrogens (tertiary/aromatic N) is 4. The van der Waals surface area contributed by atoms with E-state index < -0.39 is 17.4 Å². The number of carbonyl (C=O) groups is 1. The van der Waals surface area contributed by atoms with Gasteiger partial charge < -0.3 is 25.8 Å². The van der Waals surface area contributed by atoms with Crippen LogP contribution in [0.2, 0.25) is 0 Å². The average molecular weight is 485 g/mol. The van der Waals surface area contributed by atoms with E-state index >= 15 is 0 Å². The van der Waals surface area contributed by atoms with Gasteiger partial charge in [-0.1, -0.05) is 24.8 Å². The molecule has 182 valence electrons. The Morgan fingerprint density at radius 2 is 2.03 bits per heavy atom. The fraction of sp³-hybridized carbons (Fsp3) is 0.500. The molecule has 3 unspecified atom stereocenters. The van der Waals surface area contributed by atoms with E-state index in [1.54, 1.807) is 20.8 Å². The molecule has 1 saturated heterocycles. The number of ether oxygens (including phenoxy) is 1. The van der Waals surface area contributed by atoms with Crippen LogP contribution in [0.4, 0.5) is 11.6 Å². The highest BCUT2D eigenvalue weighted by atomic mass is 32.2. The van der Waals surface area contributed by atoms with Gasteiger partial charge in [0.2, 0.25) is 5.91 Å². The van der Waals surface area contributed by atoms with Gasteiger partial charge in [-0.15, -0.1) is 0 Å². The first-order valence-corrected chi connectivity index (χ1v) is 12.3. The zero-order valence-corrected chi connectivity index (χ0v) is 20.8. The van der Waals surface area contributed by atoms with Gasteiger partial charge >= 0.3 is 0 Å². The topological polar surface area (TPSA) is 126 Å². The third-order valence-electron chi connectivity index (χ3n) is 6.14. The molecule has 4 N–H and O–H groups in total. The molecule has 2 aromatic rings. The maximum absolute atomic E-state index is 12.0. The molecule has 0 spiro atoms. The van der Waals surface area contributed by atoms with E-state index in [9.17, 15) is 9.90 Å². The number of amides is 1. The summed E-state index contributed by atoms with van der Waals surface area (Å²) in [6.07, 6.45) is 1.82. The van der Waals surface area contributed by atoms with Gasteiger partial charge in [0.1, 0.15) is 22.1 Å². The van der Waals surface area contributed by atoms with E-state index in [4.69, 9.17) is 15.5 Å². The third kappa shape index (κ3) is 5.34. The standard InChI is InChI=1S/C24H32N6O3S/c1-14(21(25)31)20-23(28-18-7-6-17(15(2)27-18)24(3,4)32)34-22(29-20)16-5-8-19(26-13-16)30-9-11-33-12-10-30/h5-8,13-14,20,23,32H,9-12H2,1-4H3,(H2,25,31)(H,27,28). The number of nitrogens with two attached hydrogens (primary N) is 1. The fourth-order valence-corrected chi connectivity index (χ4v) is 5.44. The second kappa shape index (κ2) is 9.89. The predicted octanol–water partition coefficient (Wildman–Crippen LogP) is 2.27. The molecule has 4 rings (SSSR count). The lowest BCUT2D eigenvalue weighted by molar-refractivity contribution is -0.121.